The number of carbonyl (C=O) groups excluding carboxylic acids is 2. The summed E-state index contributed by atoms with van der Waals surface area (Å²) < 4.78 is 5.92. The van der Waals surface area contributed by atoms with Gasteiger partial charge >= 0.3 is 6.03 Å². The number of hydrogen-bond donors (Lipinski definition) is 2. The first kappa shape index (κ1) is 22.6. The number of urea groups is 1. The van der Waals surface area contributed by atoms with Crippen molar-refractivity contribution < 1.29 is 19.4 Å². The second kappa shape index (κ2) is 9.94. The van der Waals surface area contributed by atoms with E-state index in [2.05, 4.69) is 33.3 Å². The number of nitrogens with zero attached hydrogens (tertiary/aromatic N) is 5. The third-order valence-corrected chi connectivity index (χ3v) is 6.13. The van der Waals surface area contributed by atoms with E-state index in [9.17, 15) is 20.0 Å². The minimum Gasteiger partial charge on any atom is -0.490 e. The van der Waals surface area contributed by atoms with Crippen LogP contribution in [0.4, 0.5) is 16.4 Å². The number of aromatic nitrogens is 2. The number of aryl methyl sites for hydroxylation is 1. The summed E-state index contributed by atoms with van der Waals surface area (Å²) in [7, 11) is 2.05. The fraction of sp³-hybridized carbons (Fsp3) is 0.435. The predicted molar refractivity (Wildman–Crippen MR) is 120 cm³/mol. The number of pyridine rings is 2. The SMILES string of the molecule is CN1CCC[C@H]1COc1cc(NC(=O)N2CCCc3cc(CO)c(C=O)nc32)ncc1C#N. The zero-order valence-corrected chi connectivity index (χ0v) is 18.5. The molecule has 4 heterocycles. The first-order valence-corrected chi connectivity index (χ1v) is 10.9. The van der Waals surface area contributed by atoms with E-state index in [1.165, 1.54) is 11.1 Å². The monoisotopic (exact) mass is 450 g/mol. The van der Waals surface area contributed by atoms with E-state index in [1.54, 1.807) is 12.1 Å². The standard InChI is InChI=1S/C23H26N6O4/c1-28-6-3-5-18(28)14-33-20-9-21(25-11-17(20)10-24)27-23(32)29-7-2-4-15-8-16(12-30)19(13-31)26-22(15)29/h8-9,11,13,18,30H,2-7,12,14H2,1H3,(H,25,27,32)/t18-/m0/s1. The Kier molecular flexibility index (Phi) is 6.82. The van der Waals surface area contributed by atoms with Crippen LogP contribution in [0.15, 0.2) is 18.3 Å². The van der Waals surface area contributed by atoms with E-state index in [-0.39, 0.29) is 24.2 Å². The predicted octanol–water partition coefficient (Wildman–Crippen LogP) is 2.11. The number of likely N-dealkylation sites (N-methyl/N-ethyl adjacent to an activating group) is 1. The van der Waals surface area contributed by atoms with Gasteiger partial charge in [-0.05, 0) is 50.9 Å². The molecule has 1 atom stereocenters. The number of ether oxygens (including phenoxy) is 1. The maximum atomic E-state index is 13.0. The van der Waals surface area contributed by atoms with Crippen LogP contribution in [0, 0.1) is 11.3 Å². The summed E-state index contributed by atoms with van der Waals surface area (Å²) in [5.74, 6) is 1.02. The Balaban J connectivity index is 1.52. The number of amides is 2. The number of carbonyl (C=O) groups is 2. The van der Waals surface area contributed by atoms with E-state index >= 15 is 0 Å². The molecule has 1 fully saturated rings. The van der Waals surface area contributed by atoms with E-state index in [0.717, 1.165) is 31.4 Å². The normalized spacial score (nSPS) is 17.8. The van der Waals surface area contributed by atoms with Crippen LogP contribution in [0.1, 0.15) is 46.4 Å². The Morgan fingerprint density at radius 1 is 1.39 bits per heavy atom. The molecule has 0 aliphatic carbocycles. The van der Waals surface area contributed by atoms with Crippen molar-refractivity contribution >= 4 is 24.0 Å². The van der Waals surface area contributed by atoms with Crippen molar-refractivity contribution in [2.75, 3.05) is 37.0 Å². The average Bonchev–Trinajstić information content (AvgIpc) is 3.25. The van der Waals surface area contributed by atoms with Crippen LogP contribution in [-0.2, 0) is 13.0 Å². The Morgan fingerprint density at radius 3 is 2.94 bits per heavy atom. The molecule has 4 rings (SSSR count). The quantitative estimate of drug-likeness (QED) is 0.640. The maximum Gasteiger partial charge on any atom is 0.328 e. The van der Waals surface area contributed by atoms with Crippen molar-refractivity contribution in [3.63, 3.8) is 0 Å². The summed E-state index contributed by atoms with van der Waals surface area (Å²) in [6.45, 7) is 1.60. The number of likely N-dealkylation sites (tertiary alicyclic amines) is 1. The molecule has 1 saturated heterocycles. The zero-order chi connectivity index (χ0) is 23.4. The molecule has 2 aromatic heterocycles. The van der Waals surface area contributed by atoms with Crippen LogP contribution < -0.4 is 15.0 Å². The fourth-order valence-electron chi connectivity index (χ4n) is 4.25. The summed E-state index contributed by atoms with van der Waals surface area (Å²) in [4.78, 5) is 36.6. The third-order valence-electron chi connectivity index (χ3n) is 6.13. The highest BCUT2D eigenvalue weighted by Crippen LogP contribution is 2.28. The number of aliphatic hydroxyl groups is 1. The van der Waals surface area contributed by atoms with Gasteiger partial charge in [0.1, 0.15) is 41.3 Å². The summed E-state index contributed by atoms with van der Waals surface area (Å²) >= 11 is 0. The van der Waals surface area contributed by atoms with Gasteiger partial charge in [0.25, 0.3) is 0 Å². The van der Waals surface area contributed by atoms with Crippen LogP contribution in [0.3, 0.4) is 0 Å². The molecule has 10 nitrogen and oxygen atoms in total. The van der Waals surface area contributed by atoms with Gasteiger partial charge < -0.3 is 14.7 Å². The Labute approximate surface area is 191 Å². The third kappa shape index (κ3) is 4.79. The number of rotatable bonds is 6. The van der Waals surface area contributed by atoms with Gasteiger partial charge in [-0.15, -0.1) is 0 Å². The molecule has 0 aromatic carbocycles. The number of nitrogens with one attached hydrogen (secondary N) is 1. The lowest BCUT2D eigenvalue weighted by molar-refractivity contribution is 0.111. The lowest BCUT2D eigenvalue weighted by Gasteiger charge is -2.29. The van der Waals surface area contributed by atoms with Crippen molar-refractivity contribution in [1.29, 1.82) is 5.26 Å². The molecule has 10 heteroatoms. The van der Waals surface area contributed by atoms with Gasteiger partial charge in [0, 0.05) is 24.2 Å². The molecule has 0 saturated carbocycles. The van der Waals surface area contributed by atoms with Crippen molar-refractivity contribution in [3.05, 3.63) is 40.7 Å². The minimum atomic E-state index is -0.448. The zero-order valence-electron chi connectivity index (χ0n) is 18.5. The summed E-state index contributed by atoms with van der Waals surface area (Å²) in [5, 5.41) is 21.6. The van der Waals surface area contributed by atoms with Crippen molar-refractivity contribution in [2.24, 2.45) is 0 Å². The van der Waals surface area contributed by atoms with Crippen LogP contribution in [-0.4, -0.2) is 65.1 Å². The molecule has 2 aliphatic rings. The van der Waals surface area contributed by atoms with E-state index in [0.29, 0.717) is 48.6 Å². The summed E-state index contributed by atoms with van der Waals surface area (Å²) in [6.07, 6.45) is 5.52. The van der Waals surface area contributed by atoms with Crippen LogP contribution in [0.25, 0.3) is 0 Å². The molecule has 0 radical (unpaired) electrons. The maximum absolute atomic E-state index is 13.0. The van der Waals surface area contributed by atoms with Crippen molar-refractivity contribution in [1.82, 2.24) is 14.9 Å². The molecule has 2 N–H and O–H groups in total. The van der Waals surface area contributed by atoms with Crippen LogP contribution in [0.5, 0.6) is 5.75 Å². The highest BCUT2D eigenvalue weighted by Gasteiger charge is 2.26. The van der Waals surface area contributed by atoms with Gasteiger partial charge in [-0.1, -0.05) is 0 Å². The van der Waals surface area contributed by atoms with E-state index in [4.69, 9.17) is 4.74 Å². The molecule has 2 aliphatic heterocycles. The van der Waals surface area contributed by atoms with E-state index < -0.39 is 6.03 Å². The van der Waals surface area contributed by atoms with Gasteiger partial charge in [0.15, 0.2) is 6.29 Å². The van der Waals surface area contributed by atoms with Gasteiger partial charge in [-0.2, -0.15) is 5.26 Å². The molecular formula is C23H26N6O4. The second-order valence-corrected chi connectivity index (χ2v) is 8.24. The van der Waals surface area contributed by atoms with Gasteiger partial charge in [0.2, 0.25) is 0 Å². The molecule has 0 unspecified atom stereocenters. The first-order chi connectivity index (χ1) is 16.0. The molecule has 2 amide bonds. The number of fused-ring (bicyclic) bond motifs is 1. The molecule has 0 spiro atoms. The van der Waals surface area contributed by atoms with Gasteiger partial charge in [0.05, 0.1) is 12.8 Å². The highest BCUT2D eigenvalue weighted by atomic mass is 16.5. The molecule has 33 heavy (non-hydrogen) atoms. The summed E-state index contributed by atoms with van der Waals surface area (Å²) in [5.41, 5.74) is 1.64. The molecular weight excluding hydrogens is 424 g/mol. The lowest BCUT2D eigenvalue weighted by atomic mass is 10.0. The van der Waals surface area contributed by atoms with Gasteiger partial charge in [-0.3, -0.25) is 15.0 Å². The number of hydrogen-bond acceptors (Lipinski definition) is 8. The Morgan fingerprint density at radius 2 is 2.24 bits per heavy atom. The summed E-state index contributed by atoms with van der Waals surface area (Å²) in [6, 6.07) is 5.18. The molecule has 2 aromatic rings. The number of nitriles is 1. The van der Waals surface area contributed by atoms with Crippen molar-refractivity contribution in [2.45, 2.75) is 38.3 Å². The highest BCUT2D eigenvalue weighted by molar-refractivity contribution is 6.01. The number of aldehydes is 1. The lowest BCUT2D eigenvalue weighted by Crippen LogP contribution is -2.40. The van der Waals surface area contributed by atoms with Crippen LogP contribution in [0.2, 0.25) is 0 Å². The molecule has 0 bridgehead atoms. The van der Waals surface area contributed by atoms with Gasteiger partial charge in [-0.25, -0.2) is 14.8 Å². The topological polar surface area (TPSA) is 132 Å². The minimum absolute atomic E-state index is 0.111. The largest absolute Gasteiger partial charge is 0.490 e. The smallest absolute Gasteiger partial charge is 0.328 e. The Hall–Kier alpha value is -3.55. The second-order valence-electron chi connectivity index (χ2n) is 8.24. The Bertz CT molecular complexity index is 1100. The number of aliphatic hydroxyl groups excluding tert-OH is 1. The molecule has 172 valence electrons. The number of anilines is 2. The fourth-order valence-corrected chi connectivity index (χ4v) is 4.25. The van der Waals surface area contributed by atoms with Crippen LogP contribution >= 0.6 is 0 Å². The van der Waals surface area contributed by atoms with E-state index in [1.807, 2.05) is 0 Å². The first-order valence-electron chi connectivity index (χ1n) is 10.9. The average molecular weight is 450 g/mol. The van der Waals surface area contributed by atoms with Crippen molar-refractivity contribution in [3.8, 4) is 11.8 Å².